The van der Waals surface area contributed by atoms with Gasteiger partial charge >= 0.3 is 6.09 Å². The Morgan fingerprint density at radius 2 is 1.87 bits per heavy atom. The molecule has 3 aromatic rings. The van der Waals surface area contributed by atoms with Gasteiger partial charge in [-0.2, -0.15) is 4.98 Å². The molecule has 0 aliphatic carbocycles. The molecule has 0 atom stereocenters. The smallest absolute Gasteiger partial charge is 0.410 e. The fraction of sp³-hybridized carbons (Fsp3) is 0.448. The van der Waals surface area contributed by atoms with Crippen molar-refractivity contribution in [2.24, 2.45) is 5.92 Å². The van der Waals surface area contributed by atoms with E-state index in [2.05, 4.69) is 28.4 Å². The Balaban J connectivity index is 1.27. The van der Waals surface area contributed by atoms with E-state index in [1.807, 2.05) is 61.5 Å². The molecule has 0 unspecified atom stereocenters. The molecule has 1 N–H and O–H groups in total. The van der Waals surface area contributed by atoms with Crippen LogP contribution in [0, 0.1) is 5.92 Å². The molecule has 2 amide bonds. The van der Waals surface area contributed by atoms with Gasteiger partial charge in [-0.1, -0.05) is 13.0 Å². The monoisotopic (exact) mass is 531 g/mol. The highest BCUT2D eigenvalue weighted by Gasteiger charge is 2.25. The highest BCUT2D eigenvalue weighted by atomic mass is 16.6. The Morgan fingerprint density at radius 3 is 2.54 bits per heavy atom. The number of hydrogen-bond donors (Lipinski definition) is 1. The lowest BCUT2D eigenvalue weighted by atomic mass is 10.0. The van der Waals surface area contributed by atoms with Crippen molar-refractivity contribution in [3.8, 4) is 0 Å². The number of benzene rings is 1. The van der Waals surface area contributed by atoms with Crippen LogP contribution in [0.4, 0.5) is 16.4 Å². The van der Waals surface area contributed by atoms with Crippen molar-refractivity contribution in [3.05, 3.63) is 59.8 Å². The van der Waals surface area contributed by atoms with Gasteiger partial charge < -0.3 is 15.0 Å². The summed E-state index contributed by atoms with van der Waals surface area (Å²) in [7, 11) is 0. The highest BCUT2D eigenvalue weighted by Crippen LogP contribution is 2.27. The van der Waals surface area contributed by atoms with Crippen LogP contribution >= 0.6 is 0 Å². The van der Waals surface area contributed by atoms with Crippen molar-refractivity contribution >= 4 is 34.9 Å². The molecule has 39 heavy (non-hydrogen) atoms. The van der Waals surface area contributed by atoms with E-state index in [9.17, 15) is 9.59 Å². The van der Waals surface area contributed by atoms with Crippen LogP contribution in [-0.2, 0) is 4.74 Å². The first kappa shape index (κ1) is 26.7. The Bertz CT molecular complexity index is 1340. The van der Waals surface area contributed by atoms with Gasteiger partial charge in [-0.25, -0.2) is 14.3 Å². The van der Waals surface area contributed by atoms with Gasteiger partial charge in [0, 0.05) is 55.7 Å². The third kappa shape index (κ3) is 5.90. The zero-order valence-corrected chi connectivity index (χ0v) is 23.0. The zero-order valence-electron chi connectivity index (χ0n) is 23.0. The number of nitrogens with one attached hydrogen (secondary N) is 1. The largest absolute Gasteiger partial charge is 0.450 e. The van der Waals surface area contributed by atoms with Crippen molar-refractivity contribution in [3.63, 3.8) is 0 Å². The summed E-state index contributed by atoms with van der Waals surface area (Å²) in [5.41, 5.74) is 4.34. The molecule has 4 heterocycles. The summed E-state index contributed by atoms with van der Waals surface area (Å²) in [6.45, 7) is 10.1. The molecule has 5 rings (SSSR count). The van der Waals surface area contributed by atoms with Crippen molar-refractivity contribution in [1.82, 2.24) is 29.5 Å². The average Bonchev–Trinajstić information content (AvgIpc) is 3.37. The van der Waals surface area contributed by atoms with E-state index in [0.29, 0.717) is 43.7 Å². The lowest BCUT2D eigenvalue weighted by Gasteiger charge is -2.38. The maximum atomic E-state index is 13.2. The molecule has 2 aliphatic heterocycles. The Hall–Kier alpha value is -3.92. The minimum Gasteiger partial charge on any atom is -0.450 e. The van der Waals surface area contributed by atoms with Gasteiger partial charge in [-0.15, -0.1) is 5.10 Å². The Morgan fingerprint density at radius 1 is 1.10 bits per heavy atom. The second-order valence-electron chi connectivity index (χ2n) is 10.1. The number of nitrogens with zero attached hydrogens (tertiary/aromatic N) is 6. The maximum Gasteiger partial charge on any atom is 0.410 e. The standard InChI is InChI=1S/C29H37N7O3/c1-4-36(34-19-12-21(3)13-20-34)27(37)23-8-10-24(11-9-23)30-28-31-26-25(7-6-16-35(26)32-28)22-14-17-33(18-15-22)29(38)39-5-2/h6-11,14,16,21H,4-5,12-13,15,17-20H2,1-3H3,(H,30,32). The van der Waals surface area contributed by atoms with Gasteiger partial charge in [0.1, 0.15) is 0 Å². The fourth-order valence-electron chi connectivity index (χ4n) is 5.19. The van der Waals surface area contributed by atoms with Crippen molar-refractivity contribution in [2.45, 2.75) is 40.0 Å². The molecule has 1 fully saturated rings. The van der Waals surface area contributed by atoms with Gasteiger partial charge in [0.15, 0.2) is 5.65 Å². The van der Waals surface area contributed by atoms with Crippen LogP contribution in [0.25, 0.3) is 11.2 Å². The highest BCUT2D eigenvalue weighted by molar-refractivity contribution is 5.94. The first-order valence-electron chi connectivity index (χ1n) is 13.9. The van der Waals surface area contributed by atoms with E-state index in [1.165, 1.54) is 0 Å². The van der Waals surface area contributed by atoms with E-state index in [4.69, 9.17) is 9.72 Å². The second-order valence-corrected chi connectivity index (χ2v) is 10.1. The van der Waals surface area contributed by atoms with E-state index < -0.39 is 0 Å². The maximum absolute atomic E-state index is 13.2. The van der Waals surface area contributed by atoms with Gasteiger partial charge in [0.2, 0.25) is 5.95 Å². The molecule has 2 aromatic heterocycles. The predicted molar refractivity (Wildman–Crippen MR) is 151 cm³/mol. The summed E-state index contributed by atoms with van der Waals surface area (Å²) in [4.78, 5) is 31.7. The number of amides is 2. The molecule has 0 spiro atoms. The van der Waals surface area contributed by atoms with Crippen LogP contribution < -0.4 is 5.32 Å². The molecular formula is C29H37N7O3. The number of ether oxygens (including phenoxy) is 1. The van der Waals surface area contributed by atoms with Gasteiger partial charge in [0.05, 0.1) is 6.61 Å². The van der Waals surface area contributed by atoms with Crippen LogP contribution in [0.5, 0.6) is 0 Å². The number of hydrazine groups is 1. The third-order valence-electron chi connectivity index (χ3n) is 7.47. The predicted octanol–water partition coefficient (Wildman–Crippen LogP) is 4.83. The van der Waals surface area contributed by atoms with Gasteiger partial charge in [-0.05, 0) is 81.0 Å². The van der Waals surface area contributed by atoms with Crippen molar-refractivity contribution < 1.29 is 14.3 Å². The molecule has 0 radical (unpaired) electrons. The SMILES string of the molecule is CCOC(=O)N1CC=C(c2cccn3nc(Nc4ccc(C(=O)N(CC)N5CCC(C)CC5)cc4)nc23)CC1. The first-order valence-corrected chi connectivity index (χ1v) is 13.9. The first-order chi connectivity index (χ1) is 19.0. The quantitative estimate of drug-likeness (QED) is 0.467. The summed E-state index contributed by atoms with van der Waals surface area (Å²) >= 11 is 0. The average molecular weight is 532 g/mol. The van der Waals surface area contributed by atoms with Gasteiger partial charge in [0.25, 0.3) is 5.91 Å². The molecule has 2 aliphatic rings. The molecule has 206 valence electrons. The number of piperidine rings is 1. The van der Waals surface area contributed by atoms with Crippen molar-refractivity contribution in [1.29, 1.82) is 0 Å². The number of rotatable bonds is 7. The molecular weight excluding hydrogens is 494 g/mol. The molecule has 10 heteroatoms. The summed E-state index contributed by atoms with van der Waals surface area (Å²) in [5.74, 6) is 1.21. The number of aromatic nitrogens is 3. The minimum absolute atomic E-state index is 0.0244. The molecule has 0 bridgehead atoms. The Kier molecular flexibility index (Phi) is 8.11. The molecule has 1 saturated heterocycles. The molecule has 0 saturated carbocycles. The number of fused-ring (bicyclic) bond motifs is 1. The minimum atomic E-state index is -0.281. The number of carbonyl (C=O) groups excluding carboxylic acids is 2. The number of anilines is 2. The fourth-order valence-corrected chi connectivity index (χ4v) is 5.19. The van der Waals surface area contributed by atoms with Gasteiger partial charge in [-0.3, -0.25) is 9.80 Å². The number of hydrogen-bond acceptors (Lipinski definition) is 7. The van der Waals surface area contributed by atoms with Crippen LogP contribution in [0.1, 0.15) is 56.0 Å². The lowest BCUT2D eigenvalue weighted by molar-refractivity contribution is -0.0254. The molecule has 10 nitrogen and oxygen atoms in total. The topological polar surface area (TPSA) is 95.3 Å². The van der Waals surface area contributed by atoms with E-state index >= 15 is 0 Å². The molecule has 1 aromatic carbocycles. The van der Waals surface area contributed by atoms with Crippen LogP contribution in [0.15, 0.2) is 48.7 Å². The van der Waals surface area contributed by atoms with Crippen molar-refractivity contribution in [2.75, 3.05) is 44.6 Å². The van der Waals surface area contributed by atoms with E-state index in [0.717, 1.165) is 54.8 Å². The summed E-state index contributed by atoms with van der Waals surface area (Å²) in [5, 5.41) is 11.9. The number of carbonyl (C=O) groups is 2. The van der Waals surface area contributed by atoms with E-state index in [-0.39, 0.29) is 12.0 Å². The van der Waals surface area contributed by atoms with Crippen LogP contribution in [0.3, 0.4) is 0 Å². The summed E-state index contributed by atoms with van der Waals surface area (Å²) in [6, 6.07) is 11.5. The van der Waals surface area contributed by atoms with Crippen LogP contribution in [0.2, 0.25) is 0 Å². The number of pyridine rings is 1. The Labute approximate surface area is 229 Å². The summed E-state index contributed by atoms with van der Waals surface area (Å²) in [6.07, 6.45) is 6.59. The normalized spacial score (nSPS) is 16.7. The summed E-state index contributed by atoms with van der Waals surface area (Å²) < 4.78 is 6.88. The second kappa shape index (κ2) is 11.9. The van der Waals surface area contributed by atoms with Crippen LogP contribution in [-0.4, -0.2) is 80.8 Å². The zero-order chi connectivity index (χ0) is 27.4. The third-order valence-corrected chi connectivity index (χ3v) is 7.47. The van der Waals surface area contributed by atoms with E-state index in [1.54, 1.807) is 9.42 Å². The lowest BCUT2D eigenvalue weighted by Crippen LogP contribution is -2.49.